The second-order valence-corrected chi connectivity index (χ2v) is 7.92. The molecular weight excluding hydrogens is 400 g/mol. The molecule has 8 heteroatoms. The summed E-state index contributed by atoms with van der Waals surface area (Å²) in [4.78, 5) is 12.4. The van der Waals surface area contributed by atoms with E-state index in [2.05, 4.69) is 10.0 Å². The lowest BCUT2D eigenvalue weighted by Crippen LogP contribution is -2.16. The van der Waals surface area contributed by atoms with Gasteiger partial charge in [-0.05, 0) is 48.5 Å². The molecule has 144 valence electrons. The summed E-state index contributed by atoms with van der Waals surface area (Å²) in [5.41, 5.74) is 1.03. The first-order valence-corrected chi connectivity index (χ1v) is 10.1. The Balaban J connectivity index is 1.86. The van der Waals surface area contributed by atoms with E-state index in [9.17, 15) is 13.2 Å². The summed E-state index contributed by atoms with van der Waals surface area (Å²) in [7, 11) is -2.53. The molecule has 0 atom stereocenters. The number of methoxy groups -OCH3 is 1. The SMILES string of the molecule is COc1ccc(Cl)cc1NS(=O)(=O)c1cccc(C(=O)Nc2ccccc2)c1. The van der Waals surface area contributed by atoms with Crippen LogP contribution in [0.25, 0.3) is 0 Å². The number of carbonyl (C=O) groups is 1. The van der Waals surface area contributed by atoms with Crippen LogP contribution in [0.1, 0.15) is 10.4 Å². The summed E-state index contributed by atoms with van der Waals surface area (Å²) in [5, 5.41) is 3.08. The van der Waals surface area contributed by atoms with Crippen molar-refractivity contribution in [3.8, 4) is 5.75 Å². The molecule has 0 aromatic heterocycles. The van der Waals surface area contributed by atoms with Crippen LogP contribution in [0.5, 0.6) is 5.75 Å². The van der Waals surface area contributed by atoms with Gasteiger partial charge in [-0.1, -0.05) is 35.9 Å². The van der Waals surface area contributed by atoms with Gasteiger partial charge in [0.25, 0.3) is 15.9 Å². The molecule has 3 aromatic carbocycles. The van der Waals surface area contributed by atoms with Crippen LogP contribution in [0.3, 0.4) is 0 Å². The molecule has 3 aromatic rings. The fraction of sp³-hybridized carbons (Fsp3) is 0.0500. The summed E-state index contributed by atoms with van der Waals surface area (Å²) in [6.07, 6.45) is 0. The van der Waals surface area contributed by atoms with Crippen molar-refractivity contribution in [2.75, 3.05) is 17.1 Å². The number of rotatable bonds is 6. The van der Waals surface area contributed by atoms with Crippen LogP contribution in [-0.4, -0.2) is 21.4 Å². The standard InChI is InChI=1S/C20H17ClN2O4S/c1-27-19-11-10-15(21)13-18(19)23-28(25,26)17-9-5-6-14(12-17)20(24)22-16-7-3-2-4-8-16/h2-13,23H,1H3,(H,22,24). The van der Waals surface area contributed by atoms with Crippen LogP contribution < -0.4 is 14.8 Å². The lowest BCUT2D eigenvalue weighted by atomic mass is 10.2. The van der Waals surface area contributed by atoms with E-state index in [0.29, 0.717) is 16.5 Å². The molecule has 28 heavy (non-hydrogen) atoms. The Morgan fingerprint density at radius 3 is 2.43 bits per heavy atom. The van der Waals surface area contributed by atoms with Gasteiger partial charge in [-0.3, -0.25) is 9.52 Å². The third kappa shape index (κ3) is 4.62. The molecule has 0 aliphatic heterocycles. The van der Waals surface area contributed by atoms with Crippen LogP contribution in [0.15, 0.2) is 77.7 Å². The normalized spacial score (nSPS) is 10.9. The summed E-state index contributed by atoms with van der Waals surface area (Å²) >= 11 is 5.95. The second-order valence-electron chi connectivity index (χ2n) is 5.80. The number of halogens is 1. The Morgan fingerprint density at radius 2 is 1.71 bits per heavy atom. The smallest absolute Gasteiger partial charge is 0.262 e. The predicted octanol–water partition coefficient (Wildman–Crippen LogP) is 4.40. The van der Waals surface area contributed by atoms with Gasteiger partial charge in [-0.2, -0.15) is 0 Å². The minimum Gasteiger partial charge on any atom is -0.495 e. The summed E-state index contributed by atoms with van der Waals surface area (Å²) in [5.74, 6) is -0.0884. The molecule has 0 saturated carbocycles. The highest BCUT2D eigenvalue weighted by Crippen LogP contribution is 2.30. The molecule has 0 fully saturated rings. The van der Waals surface area contributed by atoms with Gasteiger partial charge < -0.3 is 10.1 Å². The van der Waals surface area contributed by atoms with E-state index in [4.69, 9.17) is 16.3 Å². The van der Waals surface area contributed by atoms with E-state index in [-0.39, 0.29) is 16.1 Å². The summed E-state index contributed by atoms with van der Waals surface area (Å²) in [6, 6.07) is 19.2. The molecule has 0 unspecified atom stereocenters. The molecule has 0 bridgehead atoms. The van der Waals surface area contributed by atoms with E-state index in [1.807, 2.05) is 6.07 Å². The van der Waals surface area contributed by atoms with Crippen molar-refractivity contribution in [1.82, 2.24) is 0 Å². The predicted molar refractivity (Wildman–Crippen MR) is 110 cm³/mol. The molecule has 0 aliphatic rings. The number of carbonyl (C=O) groups excluding carboxylic acids is 1. The molecule has 1 amide bonds. The minimum atomic E-state index is -3.96. The first kappa shape index (κ1) is 19.7. The fourth-order valence-corrected chi connectivity index (χ4v) is 3.77. The number of sulfonamides is 1. The third-order valence-corrected chi connectivity index (χ3v) is 5.44. The second kappa shape index (κ2) is 8.33. The number of anilines is 2. The van der Waals surface area contributed by atoms with Gasteiger partial charge in [-0.15, -0.1) is 0 Å². The van der Waals surface area contributed by atoms with Gasteiger partial charge >= 0.3 is 0 Å². The number of hydrogen-bond donors (Lipinski definition) is 2. The molecule has 0 heterocycles. The van der Waals surface area contributed by atoms with E-state index in [1.54, 1.807) is 36.4 Å². The number of para-hydroxylation sites is 1. The monoisotopic (exact) mass is 416 g/mol. The summed E-state index contributed by atoms with van der Waals surface area (Å²) in [6.45, 7) is 0. The van der Waals surface area contributed by atoms with E-state index >= 15 is 0 Å². The first-order chi connectivity index (χ1) is 13.4. The Bertz CT molecular complexity index is 1100. The molecule has 0 radical (unpaired) electrons. The molecule has 0 spiro atoms. The minimum absolute atomic E-state index is 0.0600. The molecule has 3 rings (SSSR count). The van der Waals surface area contributed by atoms with Crippen LogP contribution in [-0.2, 0) is 10.0 Å². The summed E-state index contributed by atoms with van der Waals surface area (Å²) < 4.78 is 33.1. The van der Waals surface area contributed by atoms with Gasteiger partial charge in [0.15, 0.2) is 0 Å². The highest BCUT2D eigenvalue weighted by atomic mass is 35.5. The maximum Gasteiger partial charge on any atom is 0.262 e. The maximum absolute atomic E-state index is 12.8. The number of hydrogen-bond acceptors (Lipinski definition) is 4. The lowest BCUT2D eigenvalue weighted by molar-refractivity contribution is 0.102. The highest BCUT2D eigenvalue weighted by Gasteiger charge is 2.19. The van der Waals surface area contributed by atoms with Gasteiger partial charge in [0.05, 0.1) is 17.7 Å². The lowest BCUT2D eigenvalue weighted by Gasteiger charge is -2.13. The largest absolute Gasteiger partial charge is 0.495 e. The average molecular weight is 417 g/mol. The number of benzene rings is 3. The zero-order valence-corrected chi connectivity index (χ0v) is 16.4. The average Bonchev–Trinajstić information content (AvgIpc) is 2.69. The van der Waals surface area contributed by atoms with Crippen molar-refractivity contribution in [3.63, 3.8) is 0 Å². The molecule has 6 nitrogen and oxygen atoms in total. The van der Waals surface area contributed by atoms with Gasteiger partial charge in [0.2, 0.25) is 0 Å². The van der Waals surface area contributed by atoms with E-state index in [0.717, 1.165) is 0 Å². The topological polar surface area (TPSA) is 84.5 Å². The Kier molecular flexibility index (Phi) is 5.87. The van der Waals surface area contributed by atoms with Crippen LogP contribution >= 0.6 is 11.6 Å². The fourth-order valence-electron chi connectivity index (χ4n) is 2.49. The van der Waals surface area contributed by atoms with Crippen molar-refractivity contribution in [2.45, 2.75) is 4.90 Å². The zero-order chi connectivity index (χ0) is 20.1. The number of nitrogens with one attached hydrogen (secondary N) is 2. The van der Waals surface area contributed by atoms with E-state index < -0.39 is 15.9 Å². The van der Waals surface area contributed by atoms with Crippen molar-refractivity contribution >= 4 is 38.9 Å². The first-order valence-electron chi connectivity index (χ1n) is 8.22. The quantitative estimate of drug-likeness (QED) is 0.623. The number of amides is 1. The van der Waals surface area contributed by atoms with Gasteiger partial charge in [-0.25, -0.2) is 8.42 Å². The van der Waals surface area contributed by atoms with Crippen molar-refractivity contribution in [2.24, 2.45) is 0 Å². The molecule has 2 N–H and O–H groups in total. The van der Waals surface area contributed by atoms with Crippen LogP contribution in [0.4, 0.5) is 11.4 Å². The zero-order valence-electron chi connectivity index (χ0n) is 14.8. The Morgan fingerprint density at radius 1 is 0.964 bits per heavy atom. The Hall–Kier alpha value is -3.03. The van der Waals surface area contributed by atoms with Gasteiger partial charge in [0, 0.05) is 16.3 Å². The molecule has 0 aliphatic carbocycles. The van der Waals surface area contributed by atoms with Crippen molar-refractivity contribution in [3.05, 3.63) is 83.4 Å². The van der Waals surface area contributed by atoms with Crippen molar-refractivity contribution < 1.29 is 17.9 Å². The number of ether oxygens (including phenoxy) is 1. The van der Waals surface area contributed by atoms with Crippen molar-refractivity contribution in [1.29, 1.82) is 0 Å². The van der Waals surface area contributed by atoms with Gasteiger partial charge in [0.1, 0.15) is 5.75 Å². The maximum atomic E-state index is 12.8. The third-order valence-electron chi connectivity index (χ3n) is 3.84. The van der Waals surface area contributed by atoms with Crippen LogP contribution in [0.2, 0.25) is 5.02 Å². The van der Waals surface area contributed by atoms with Crippen LogP contribution in [0, 0.1) is 0 Å². The Labute approximate surface area is 168 Å². The molecule has 0 saturated heterocycles. The molecular formula is C20H17ClN2O4S. The highest BCUT2D eigenvalue weighted by molar-refractivity contribution is 7.92. The van der Waals surface area contributed by atoms with E-state index in [1.165, 1.54) is 37.4 Å².